The minimum absolute atomic E-state index is 0.388. The van der Waals surface area contributed by atoms with Gasteiger partial charge in [0, 0.05) is 36.1 Å². The summed E-state index contributed by atoms with van der Waals surface area (Å²) in [4.78, 5) is 13.4. The van der Waals surface area contributed by atoms with Crippen molar-refractivity contribution in [2.75, 3.05) is 18.0 Å². The summed E-state index contributed by atoms with van der Waals surface area (Å²) in [6.45, 7) is 3.82. The van der Waals surface area contributed by atoms with Crippen LogP contribution in [0.3, 0.4) is 0 Å². The Labute approximate surface area is 98.4 Å². The highest BCUT2D eigenvalue weighted by Gasteiger charge is 2.17. The second kappa shape index (κ2) is 4.35. The minimum atomic E-state index is 0.388. The van der Waals surface area contributed by atoms with Crippen molar-refractivity contribution in [3.63, 3.8) is 0 Å². The third kappa shape index (κ3) is 2.23. The third-order valence-corrected chi connectivity index (χ3v) is 3.76. The van der Waals surface area contributed by atoms with E-state index in [1.165, 1.54) is 11.3 Å². The number of benzene rings is 1. The van der Waals surface area contributed by atoms with Crippen molar-refractivity contribution in [2.45, 2.75) is 19.8 Å². The zero-order chi connectivity index (χ0) is 10.8. The Hall–Kier alpha value is -0.830. The largest absolute Gasteiger partial charge is 0.370 e. The molecule has 0 saturated carbocycles. The Morgan fingerprint density at radius 2 is 1.93 bits per heavy atom. The number of halogens is 1. The van der Waals surface area contributed by atoms with Gasteiger partial charge in [0.1, 0.15) is 5.78 Å². The summed E-state index contributed by atoms with van der Waals surface area (Å²) in [5, 5.41) is 0. The van der Waals surface area contributed by atoms with Gasteiger partial charge in [-0.25, -0.2) is 0 Å². The van der Waals surface area contributed by atoms with Crippen LogP contribution >= 0.6 is 15.9 Å². The molecule has 1 heterocycles. The van der Waals surface area contributed by atoms with Gasteiger partial charge in [0.15, 0.2) is 0 Å². The van der Waals surface area contributed by atoms with Crippen LogP contribution in [0.2, 0.25) is 0 Å². The molecule has 0 amide bonds. The SMILES string of the molecule is Cc1c(Br)cccc1N1CCC(=O)CC1. The second-order valence-electron chi connectivity index (χ2n) is 3.91. The molecule has 0 radical (unpaired) electrons. The molecule has 15 heavy (non-hydrogen) atoms. The molecule has 1 aliphatic rings. The van der Waals surface area contributed by atoms with E-state index < -0.39 is 0 Å². The average Bonchev–Trinajstić information content (AvgIpc) is 2.24. The lowest BCUT2D eigenvalue weighted by molar-refractivity contribution is -0.119. The Morgan fingerprint density at radius 3 is 2.60 bits per heavy atom. The highest BCUT2D eigenvalue weighted by molar-refractivity contribution is 9.10. The number of ketones is 1. The van der Waals surface area contributed by atoms with E-state index >= 15 is 0 Å². The van der Waals surface area contributed by atoms with Crippen LogP contribution in [0.25, 0.3) is 0 Å². The van der Waals surface area contributed by atoms with Crippen LogP contribution < -0.4 is 4.90 Å². The van der Waals surface area contributed by atoms with Crippen molar-refractivity contribution in [3.05, 3.63) is 28.2 Å². The molecule has 3 heteroatoms. The summed E-state index contributed by atoms with van der Waals surface area (Å²) >= 11 is 3.53. The molecular weight excluding hydrogens is 254 g/mol. The summed E-state index contributed by atoms with van der Waals surface area (Å²) in [6.07, 6.45) is 1.37. The first-order valence-corrected chi connectivity index (χ1v) is 5.99. The zero-order valence-corrected chi connectivity index (χ0v) is 10.4. The lowest BCUT2D eigenvalue weighted by atomic mass is 10.1. The van der Waals surface area contributed by atoms with E-state index in [2.05, 4.69) is 33.8 Å². The van der Waals surface area contributed by atoms with Gasteiger partial charge < -0.3 is 4.90 Å². The Morgan fingerprint density at radius 1 is 1.27 bits per heavy atom. The first kappa shape index (κ1) is 10.7. The minimum Gasteiger partial charge on any atom is -0.370 e. The molecule has 0 aliphatic carbocycles. The first-order chi connectivity index (χ1) is 7.18. The Balaban J connectivity index is 2.22. The van der Waals surface area contributed by atoms with E-state index in [9.17, 15) is 4.79 Å². The van der Waals surface area contributed by atoms with Crippen molar-refractivity contribution < 1.29 is 4.79 Å². The van der Waals surface area contributed by atoms with Gasteiger partial charge in [0.25, 0.3) is 0 Å². The molecule has 0 N–H and O–H groups in total. The number of hydrogen-bond donors (Lipinski definition) is 0. The molecule has 0 unspecified atom stereocenters. The lowest BCUT2D eigenvalue weighted by Gasteiger charge is -2.29. The summed E-state index contributed by atoms with van der Waals surface area (Å²) in [5.74, 6) is 0.388. The van der Waals surface area contributed by atoms with E-state index in [1.54, 1.807) is 0 Å². The van der Waals surface area contributed by atoms with Crippen LogP contribution in [0.4, 0.5) is 5.69 Å². The molecule has 2 rings (SSSR count). The van der Waals surface area contributed by atoms with Crippen LogP contribution in [-0.4, -0.2) is 18.9 Å². The third-order valence-electron chi connectivity index (χ3n) is 2.90. The van der Waals surface area contributed by atoms with E-state index in [0.717, 1.165) is 17.6 Å². The Kier molecular flexibility index (Phi) is 3.10. The highest BCUT2D eigenvalue weighted by Crippen LogP contribution is 2.28. The molecule has 2 nitrogen and oxygen atoms in total. The fourth-order valence-corrected chi connectivity index (χ4v) is 2.29. The maximum Gasteiger partial charge on any atom is 0.136 e. The van der Waals surface area contributed by atoms with Gasteiger partial charge in [-0.3, -0.25) is 4.79 Å². The molecule has 1 fully saturated rings. The molecule has 1 saturated heterocycles. The number of carbonyl (C=O) groups excluding carboxylic acids is 1. The summed E-state index contributed by atoms with van der Waals surface area (Å²) < 4.78 is 1.14. The summed E-state index contributed by atoms with van der Waals surface area (Å²) in [5.41, 5.74) is 2.50. The van der Waals surface area contributed by atoms with Crippen molar-refractivity contribution in [3.8, 4) is 0 Å². The monoisotopic (exact) mass is 267 g/mol. The predicted molar refractivity (Wildman–Crippen MR) is 65.3 cm³/mol. The number of Topliss-reactive ketones (excluding diaryl/α,β-unsaturated/α-hetero) is 1. The highest BCUT2D eigenvalue weighted by atomic mass is 79.9. The molecule has 0 aromatic heterocycles. The molecule has 0 bridgehead atoms. The van der Waals surface area contributed by atoms with Crippen molar-refractivity contribution in [1.82, 2.24) is 0 Å². The van der Waals surface area contributed by atoms with Crippen molar-refractivity contribution >= 4 is 27.4 Å². The van der Waals surface area contributed by atoms with Gasteiger partial charge in [-0.05, 0) is 24.6 Å². The molecule has 1 aromatic rings. The maximum absolute atomic E-state index is 11.2. The smallest absolute Gasteiger partial charge is 0.136 e. The lowest BCUT2D eigenvalue weighted by Crippen LogP contribution is -2.34. The van der Waals surface area contributed by atoms with Crippen LogP contribution in [0.15, 0.2) is 22.7 Å². The molecule has 1 aliphatic heterocycles. The molecule has 0 spiro atoms. The first-order valence-electron chi connectivity index (χ1n) is 5.20. The van der Waals surface area contributed by atoms with Crippen LogP contribution in [0.1, 0.15) is 18.4 Å². The van der Waals surface area contributed by atoms with E-state index in [-0.39, 0.29) is 0 Å². The molecule has 0 atom stereocenters. The van der Waals surface area contributed by atoms with Gasteiger partial charge in [0.05, 0.1) is 0 Å². The normalized spacial score (nSPS) is 16.9. The number of anilines is 1. The molecule has 1 aromatic carbocycles. The number of carbonyl (C=O) groups is 1. The fourth-order valence-electron chi connectivity index (χ4n) is 1.94. The van der Waals surface area contributed by atoms with Gasteiger partial charge >= 0.3 is 0 Å². The summed E-state index contributed by atoms with van der Waals surface area (Å²) in [7, 11) is 0. The van der Waals surface area contributed by atoms with Gasteiger partial charge in [-0.15, -0.1) is 0 Å². The van der Waals surface area contributed by atoms with Gasteiger partial charge in [0.2, 0.25) is 0 Å². The summed E-state index contributed by atoms with van der Waals surface area (Å²) in [6, 6.07) is 6.21. The van der Waals surface area contributed by atoms with Gasteiger partial charge in [-0.1, -0.05) is 22.0 Å². The number of piperidine rings is 1. The molecular formula is C12H14BrNO. The topological polar surface area (TPSA) is 20.3 Å². The number of rotatable bonds is 1. The fraction of sp³-hybridized carbons (Fsp3) is 0.417. The second-order valence-corrected chi connectivity index (χ2v) is 4.76. The maximum atomic E-state index is 11.2. The van der Waals surface area contributed by atoms with Gasteiger partial charge in [-0.2, -0.15) is 0 Å². The van der Waals surface area contributed by atoms with Crippen LogP contribution in [0.5, 0.6) is 0 Å². The van der Waals surface area contributed by atoms with Crippen molar-refractivity contribution in [2.24, 2.45) is 0 Å². The van der Waals surface area contributed by atoms with E-state index in [4.69, 9.17) is 0 Å². The average molecular weight is 268 g/mol. The number of hydrogen-bond acceptors (Lipinski definition) is 2. The van der Waals surface area contributed by atoms with Crippen LogP contribution in [-0.2, 0) is 4.79 Å². The quantitative estimate of drug-likeness (QED) is 0.780. The van der Waals surface area contributed by atoms with E-state index in [1.807, 2.05) is 12.1 Å². The zero-order valence-electron chi connectivity index (χ0n) is 8.79. The standard InChI is InChI=1S/C12H14BrNO/c1-9-11(13)3-2-4-12(9)14-7-5-10(15)6-8-14/h2-4H,5-8H2,1H3. The van der Waals surface area contributed by atoms with Crippen LogP contribution in [0, 0.1) is 6.92 Å². The van der Waals surface area contributed by atoms with E-state index in [0.29, 0.717) is 18.6 Å². The number of nitrogens with zero attached hydrogens (tertiary/aromatic N) is 1. The van der Waals surface area contributed by atoms with Crippen molar-refractivity contribution in [1.29, 1.82) is 0 Å². The molecule has 80 valence electrons. The Bertz CT molecular complexity index is 379. The predicted octanol–water partition coefficient (Wildman–Crippen LogP) is 2.93.